The van der Waals surface area contributed by atoms with Gasteiger partial charge in [0.2, 0.25) is 5.56 Å². The first-order chi connectivity index (χ1) is 7.17. The van der Waals surface area contributed by atoms with Crippen molar-refractivity contribution in [3.63, 3.8) is 0 Å². The minimum Gasteiger partial charge on any atom is -0.484 e. The summed E-state index contributed by atoms with van der Waals surface area (Å²) in [4.78, 5) is 16.1. The van der Waals surface area contributed by atoms with E-state index in [9.17, 15) is 4.79 Å². The van der Waals surface area contributed by atoms with Crippen molar-refractivity contribution < 1.29 is 4.74 Å². The van der Waals surface area contributed by atoms with E-state index >= 15 is 0 Å². The van der Waals surface area contributed by atoms with Crippen LogP contribution in [0.15, 0.2) is 17.1 Å². The third-order valence-electron chi connectivity index (χ3n) is 3.31. The number of rotatable bonds is 0. The summed E-state index contributed by atoms with van der Waals surface area (Å²) in [6.07, 6.45) is 3.60. The van der Waals surface area contributed by atoms with E-state index in [0.717, 1.165) is 37.2 Å². The predicted octanol–water partition coefficient (Wildman–Crippen LogP) is 0.384. The largest absolute Gasteiger partial charge is 0.484 e. The molecule has 1 aromatic rings. The number of ether oxygens (including phenoxy) is 1. The summed E-state index contributed by atoms with van der Waals surface area (Å²) in [5, 5.41) is 0. The van der Waals surface area contributed by atoms with Crippen molar-refractivity contribution in [1.29, 1.82) is 0 Å². The summed E-state index contributed by atoms with van der Waals surface area (Å²) >= 11 is 0. The van der Waals surface area contributed by atoms with Gasteiger partial charge in [0.1, 0.15) is 11.4 Å². The van der Waals surface area contributed by atoms with E-state index < -0.39 is 0 Å². The maximum Gasteiger partial charge on any atom is 0.248 e. The number of aromatic nitrogens is 1. The second-order valence-electron chi connectivity index (χ2n) is 4.64. The van der Waals surface area contributed by atoms with Crippen LogP contribution in [0.4, 0.5) is 0 Å². The number of nitrogens with zero attached hydrogens (tertiary/aromatic N) is 1. The highest BCUT2D eigenvalue weighted by Gasteiger charge is 2.44. The maximum absolute atomic E-state index is 11.2. The summed E-state index contributed by atoms with van der Waals surface area (Å²) in [5.41, 5.74) is 0.938. The first kappa shape index (κ1) is 8.97. The van der Waals surface area contributed by atoms with E-state index in [4.69, 9.17) is 4.74 Å². The molecule has 1 N–H and O–H groups in total. The number of pyridine rings is 1. The van der Waals surface area contributed by atoms with Gasteiger partial charge in [-0.1, -0.05) is 0 Å². The number of hydrogen-bond donors (Lipinski definition) is 1. The molecule has 0 aliphatic carbocycles. The fourth-order valence-electron chi connectivity index (χ4n) is 2.62. The summed E-state index contributed by atoms with van der Waals surface area (Å²) in [7, 11) is 2.10. The Bertz CT molecular complexity index is 454. The average molecular weight is 206 g/mol. The predicted molar refractivity (Wildman–Crippen MR) is 56.2 cm³/mol. The van der Waals surface area contributed by atoms with Gasteiger partial charge in [0.05, 0.1) is 0 Å². The van der Waals surface area contributed by atoms with Gasteiger partial charge in [-0.05, 0) is 7.05 Å². The maximum atomic E-state index is 11.2. The SMILES string of the molecule is CN1CCC2(Cc3cc(=O)[nH]cc3O2)C1. The molecule has 0 radical (unpaired) electrons. The smallest absolute Gasteiger partial charge is 0.248 e. The highest BCUT2D eigenvalue weighted by atomic mass is 16.5. The van der Waals surface area contributed by atoms with E-state index in [2.05, 4.69) is 16.9 Å². The number of H-pyrrole nitrogens is 1. The number of fused-ring (bicyclic) bond motifs is 1. The zero-order valence-electron chi connectivity index (χ0n) is 8.75. The molecule has 0 saturated carbocycles. The topological polar surface area (TPSA) is 45.3 Å². The molecule has 3 heterocycles. The Balaban J connectivity index is 1.95. The first-order valence-electron chi connectivity index (χ1n) is 5.26. The molecule has 2 aliphatic heterocycles. The van der Waals surface area contributed by atoms with E-state index in [1.165, 1.54) is 0 Å². The van der Waals surface area contributed by atoms with Crippen LogP contribution in [0.5, 0.6) is 5.75 Å². The molecule has 0 aromatic carbocycles. The van der Waals surface area contributed by atoms with Gasteiger partial charge in [-0.2, -0.15) is 0 Å². The molecule has 1 unspecified atom stereocenters. The van der Waals surface area contributed by atoms with Crippen molar-refractivity contribution in [3.05, 3.63) is 28.2 Å². The lowest BCUT2D eigenvalue weighted by molar-refractivity contribution is 0.106. The van der Waals surface area contributed by atoms with Crippen LogP contribution < -0.4 is 10.3 Å². The summed E-state index contributed by atoms with van der Waals surface area (Å²) < 4.78 is 5.97. The molecule has 1 saturated heterocycles. The Kier molecular flexibility index (Phi) is 1.71. The van der Waals surface area contributed by atoms with E-state index in [1.54, 1.807) is 12.3 Å². The van der Waals surface area contributed by atoms with Crippen LogP contribution in [0.3, 0.4) is 0 Å². The van der Waals surface area contributed by atoms with Crippen LogP contribution in [0.25, 0.3) is 0 Å². The first-order valence-corrected chi connectivity index (χ1v) is 5.26. The molecule has 4 heteroatoms. The lowest BCUT2D eigenvalue weighted by Gasteiger charge is -2.22. The molecule has 1 spiro atoms. The number of aromatic amines is 1. The Morgan fingerprint density at radius 1 is 1.60 bits per heavy atom. The average Bonchev–Trinajstić information content (AvgIpc) is 2.69. The van der Waals surface area contributed by atoms with Gasteiger partial charge in [-0.3, -0.25) is 4.79 Å². The number of hydrogen-bond acceptors (Lipinski definition) is 3. The summed E-state index contributed by atoms with van der Waals surface area (Å²) in [6, 6.07) is 1.66. The Morgan fingerprint density at radius 2 is 2.47 bits per heavy atom. The van der Waals surface area contributed by atoms with Crippen LogP contribution >= 0.6 is 0 Å². The van der Waals surface area contributed by atoms with Crippen molar-refractivity contribution in [3.8, 4) is 5.75 Å². The number of nitrogens with one attached hydrogen (secondary N) is 1. The lowest BCUT2D eigenvalue weighted by atomic mass is 9.97. The molecule has 3 rings (SSSR count). The molecule has 1 fully saturated rings. The molecule has 80 valence electrons. The lowest BCUT2D eigenvalue weighted by Crippen LogP contribution is -2.36. The minimum absolute atomic E-state index is 0.0410. The minimum atomic E-state index is -0.0707. The van der Waals surface area contributed by atoms with Crippen molar-refractivity contribution in [2.75, 3.05) is 20.1 Å². The van der Waals surface area contributed by atoms with Crippen molar-refractivity contribution in [2.24, 2.45) is 0 Å². The van der Waals surface area contributed by atoms with Crippen LogP contribution in [-0.4, -0.2) is 35.6 Å². The number of likely N-dealkylation sites (N-methyl/N-ethyl adjacent to an activating group) is 1. The van der Waals surface area contributed by atoms with Gasteiger partial charge >= 0.3 is 0 Å². The van der Waals surface area contributed by atoms with Gasteiger partial charge in [0.25, 0.3) is 0 Å². The summed E-state index contributed by atoms with van der Waals surface area (Å²) in [6.45, 7) is 2.03. The Labute approximate surface area is 87.9 Å². The van der Waals surface area contributed by atoms with Gasteiger partial charge in [-0.25, -0.2) is 0 Å². The monoisotopic (exact) mass is 206 g/mol. The van der Waals surface area contributed by atoms with Gasteiger partial charge < -0.3 is 14.6 Å². The summed E-state index contributed by atoms with van der Waals surface area (Å²) in [5.74, 6) is 0.852. The number of likely N-dealkylation sites (tertiary alicyclic amines) is 1. The molecule has 4 nitrogen and oxygen atoms in total. The van der Waals surface area contributed by atoms with Crippen LogP contribution in [0, 0.1) is 0 Å². The molecule has 1 atom stereocenters. The molecular weight excluding hydrogens is 192 g/mol. The van der Waals surface area contributed by atoms with Crippen molar-refractivity contribution in [2.45, 2.75) is 18.4 Å². The van der Waals surface area contributed by atoms with Gasteiger partial charge in [0, 0.05) is 43.8 Å². The molecular formula is C11H14N2O2. The fraction of sp³-hybridized carbons (Fsp3) is 0.545. The zero-order chi connectivity index (χ0) is 10.5. The molecule has 2 aliphatic rings. The standard InChI is InChI=1S/C11H14N2O2/c1-13-3-2-11(7-13)5-8-4-10(14)12-6-9(8)15-11/h4,6H,2-3,5,7H2,1H3,(H,12,14). The van der Waals surface area contributed by atoms with Crippen LogP contribution in [0.1, 0.15) is 12.0 Å². The Morgan fingerprint density at radius 3 is 3.20 bits per heavy atom. The van der Waals surface area contributed by atoms with Crippen molar-refractivity contribution in [1.82, 2.24) is 9.88 Å². The van der Waals surface area contributed by atoms with Crippen LogP contribution in [0.2, 0.25) is 0 Å². The molecule has 1 aromatic heterocycles. The Hall–Kier alpha value is -1.29. The molecule has 0 bridgehead atoms. The highest BCUT2D eigenvalue weighted by molar-refractivity contribution is 5.37. The van der Waals surface area contributed by atoms with Gasteiger partial charge in [-0.15, -0.1) is 0 Å². The van der Waals surface area contributed by atoms with E-state index in [0.29, 0.717) is 0 Å². The van der Waals surface area contributed by atoms with E-state index in [1.807, 2.05) is 0 Å². The third kappa shape index (κ3) is 1.36. The van der Waals surface area contributed by atoms with Crippen LogP contribution in [-0.2, 0) is 6.42 Å². The quantitative estimate of drug-likeness (QED) is 0.667. The van der Waals surface area contributed by atoms with Gasteiger partial charge in [0.15, 0.2) is 0 Å². The second-order valence-corrected chi connectivity index (χ2v) is 4.64. The second kappa shape index (κ2) is 2.85. The van der Waals surface area contributed by atoms with E-state index in [-0.39, 0.29) is 11.2 Å². The zero-order valence-corrected chi connectivity index (χ0v) is 8.75. The van der Waals surface area contributed by atoms with Crippen molar-refractivity contribution >= 4 is 0 Å². The highest BCUT2D eigenvalue weighted by Crippen LogP contribution is 2.38. The third-order valence-corrected chi connectivity index (χ3v) is 3.31. The molecule has 15 heavy (non-hydrogen) atoms. The normalized spacial score (nSPS) is 29.4. The fourth-order valence-corrected chi connectivity index (χ4v) is 2.62. The molecule has 0 amide bonds.